The first-order valence-corrected chi connectivity index (χ1v) is 23.6. The third-order valence-corrected chi connectivity index (χ3v) is 20.0. The lowest BCUT2D eigenvalue weighted by Gasteiger charge is -2.39. The maximum Gasteiger partial charge on any atom is 0.193 e. The zero-order valence-electron chi connectivity index (χ0n) is 29.1. The number of thiazole rings is 2. The Balaban J connectivity index is 0.000000251. The Morgan fingerprint density at radius 2 is 1.22 bits per heavy atom. The molecule has 0 spiro atoms. The smallest absolute Gasteiger partial charge is 0.193 e. The van der Waals surface area contributed by atoms with E-state index in [1.54, 1.807) is 11.3 Å². The lowest BCUT2D eigenvalue weighted by molar-refractivity contribution is 0.112. The minimum absolute atomic E-state index is 0.0707. The van der Waals surface area contributed by atoms with Crippen LogP contribution in [0, 0.1) is 13.8 Å². The van der Waals surface area contributed by atoms with Gasteiger partial charge in [0.15, 0.2) is 27.9 Å². The van der Waals surface area contributed by atoms with Crippen LogP contribution < -0.4 is 0 Å². The standard InChI is InChI=1S/C18H24ClNO2SSi.C17H24ClNOSSi/c1-12-16(20-15(11-21)23-12)17(13-8-7-9-14(19)10-13)22-24(5,6)18(2,3)4;1-12-15(19-11-21-12)16(13-8-7-9-14(18)10-13)20-22(5,6)17(2,3)4/h7-11,17H,1-6H3;7-11,16H,1-6H3. The van der Waals surface area contributed by atoms with Crippen LogP contribution in [0.1, 0.15) is 95.8 Å². The second kappa shape index (κ2) is 15.2. The zero-order valence-corrected chi connectivity index (χ0v) is 34.3. The number of hydrogen-bond acceptors (Lipinski definition) is 7. The number of carbonyl (C=O) groups excluding carboxylic acids is 1. The van der Waals surface area contributed by atoms with Crippen molar-refractivity contribution in [2.75, 3.05) is 0 Å². The van der Waals surface area contributed by atoms with Crippen LogP contribution in [0.4, 0.5) is 0 Å². The molecule has 2 unspecified atom stereocenters. The minimum atomic E-state index is -2.04. The second-order valence-electron chi connectivity index (χ2n) is 14.5. The minimum Gasteiger partial charge on any atom is -0.404 e. The Labute approximate surface area is 296 Å². The van der Waals surface area contributed by atoms with Gasteiger partial charge in [-0.05, 0) is 85.5 Å². The van der Waals surface area contributed by atoms with E-state index in [2.05, 4.69) is 90.7 Å². The van der Waals surface area contributed by atoms with Crippen LogP contribution in [0.25, 0.3) is 0 Å². The SMILES string of the molecule is Cc1sc(C=O)nc1C(O[Si](C)(C)C(C)(C)C)c1cccc(Cl)c1.Cc1scnc1C(O[Si](C)(C)C(C)(C)C)c1cccc(Cl)c1. The molecule has 0 saturated carbocycles. The second-order valence-corrected chi connectivity index (χ2v) is 27.2. The van der Waals surface area contributed by atoms with Gasteiger partial charge in [0, 0.05) is 19.8 Å². The van der Waals surface area contributed by atoms with Crippen LogP contribution in [0.5, 0.6) is 0 Å². The number of hydrogen-bond donors (Lipinski definition) is 0. The van der Waals surface area contributed by atoms with Crippen LogP contribution in [0.15, 0.2) is 54.0 Å². The van der Waals surface area contributed by atoms with Gasteiger partial charge < -0.3 is 8.85 Å². The van der Waals surface area contributed by atoms with Crippen LogP contribution in [-0.2, 0) is 8.85 Å². The molecule has 11 heteroatoms. The van der Waals surface area contributed by atoms with Crippen molar-refractivity contribution in [3.8, 4) is 0 Å². The summed E-state index contributed by atoms with van der Waals surface area (Å²) in [5.74, 6) is 0. The number of aryl methyl sites for hydroxylation is 2. The highest BCUT2D eigenvalue weighted by atomic mass is 35.5. The van der Waals surface area contributed by atoms with Gasteiger partial charge in [-0.2, -0.15) is 0 Å². The van der Waals surface area contributed by atoms with Crippen molar-refractivity contribution in [3.63, 3.8) is 0 Å². The van der Waals surface area contributed by atoms with E-state index in [9.17, 15) is 4.79 Å². The molecule has 4 aromatic rings. The van der Waals surface area contributed by atoms with Crippen molar-refractivity contribution in [1.82, 2.24) is 9.97 Å². The highest BCUT2D eigenvalue weighted by Crippen LogP contribution is 2.44. The fourth-order valence-electron chi connectivity index (χ4n) is 4.13. The Kier molecular flexibility index (Phi) is 12.8. The van der Waals surface area contributed by atoms with Gasteiger partial charge in [0.1, 0.15) is 12.2 Å². The van der Waals surface area contributed by atoms with E-state index in [0.29, 0.717) is 10.0 Å². The van der Waals surface area contributed by atoms with E-state index >= 15 is 0 Å². The fourth-order valence-corrected chi connectivity index (χ4v) is 8.28. The molecular weight excluding hydrogens is 688 g/mol. The third kappa shape index (κ3) is 9.69. The van der Waals surface area contributed by atoms with E-state index in [4.69, 9.17) is 32.1 Å². The van der Waals surface area contributed by atoms with Gasteiger partial charge >= 0.3 is 0 Å². The van der Waals surface area contributed by atoms with Crippen molar-refractivity contribution < 1.29 is 13.6 Å². The Morgan fingerprint density at radius 1 is 0.761 bits per heavy atom. The first kappa shape index (κ1) is 38.7. The van der Waals surface area contributed by atoms with E-state index in [1.807, 2.05) is 54.9 Å². The summed E-state index contributed by atoms with van der Waals surface area (Å²) in [4.78, 5) is 22.4. The number of nitrogens with zero attached hydrogens (tertiary/aromatic N) is 2. The number of carbonyl (C=O) groups is 1. The molecule has 0 aliphatic heterocycles. The topological polar surface area (TPSA) is 61.3 Å². The van der Waals surface area contributed by atoms with Crippen molar-refractivity contribution in [1.29, 1.82) is 0 Å². The highest BCUT2D eigenvalue weighted by Gasteiger charge is 2.42. The maximum atomic E-state index is 11.1. The monoisotopic (exact) mass is 734 g/mol. The first-order chi connectivity index (χ1) is 21.2. The molecule has 4 rings (SSSR count). The summed E-state index contributed by atoms with van der Waals surface area (Å²) in [6, 6.07) is 15.6. The predicted octanol–water partition coefficient (Wildman–Crippen LogP) is 12.2. The number of rotatable bonds is 9. The first-order valence-electron chi connectivity index (χ1n) is 15.4. The summed E-state index contributed by atoms with van der Waals surface area (Å²) in [6.45, 7) is 26.4. The third-order valence-electron chi connectivity index (χ3n) is 8.97. The molecule has 0 aliphatic rings. The highest BCUT2D eigenvalue weighted by molar-refractivity contribution is 7.13. The normalized spacial score (nSPS) is 14.0. The molecular formula is C35H48Cl2N2O3S2Si2. The summed E-state index contributed by atoms with van der Waals surface area (Å²) < 4.78 is 13.4. The van der Waals surface area contributed by atoms with Gasteiger partial charge in [0.2, 0.25) is 0 Å². The molecule has 0 aliphatic carbocycles. The van der Waals surface area contributed by atoms with Crippen molar-refractivity contribution >= 4 is 68.8 Å². The molecule has 5 nitrogen and oxygen atoms in total. The Morgan fingerprint density at radius 3 is 1.57 bits per heavy atom. The molecule has 0 fully saturated rings. The molecule has 0 saturated heterocycles. The van der Waals surface area contributed by atoms with Crippen LogP contribution in [-0.4, -0.2) is 32.9 Å². The molecule has 250 valence electrons. The molecule has 0 N–H and O–H groups in total. The van der Waals surface area contributed by atoms with E-state index in [1.165, 1.54) is 16.2 Å². The van der Waals surface area contributed by atoms with E-state index < -0.39 is 16.6 Å². The molecule has 2 heterocycles. The number of aromatic nitrogens is 2. The summed E-state index contributed by atoms with van der Waals surface area (Å²) >= 11 is 15.4. The molecule has 2 atom stereocenters. The van der Waals surface area contributed by atoms with Gasteiger partial charge in [-0.15, -0.1) is 22.7 Å². The fraction of sp³-hybridized carbons (Fsp3) is 0.457. The van der Waals surface area contributed by atoms with Gasteiger partial charge in [-0.1, -0.05) is 89.0 Å². The van der Waals surface area contributed by atoms with Crippen molar-refractivity contribution in [2.45, 2.75) is 104 Å². The molecule has 0 bridgehead atoms. The quantitative estimate of drug-likeness (QED) is 0.126. The van der Waals surface area contributed by atoms with Crippen molar-refractivity contribution in [2.24, 2.45) is 0 Å². The van der Waals surface area contributed by atoms with Crippen LogP contribution in [0.3, 0.4) is 0 Å². The van der Waals surface area contributed by atoms with Gasteiger partial charge in [0.25, 0.3) is 0 Å². The Hall–Kier alpha value is -1.70. The maximum absolute atomic E-state index is 11.1. The molecule has 2 aromatic heterocycles. The number of benzene rings is 2. The summed E-state index contributed by atoms with van der Waals surface area (Å²) in [6.07, 6.45) is 0.336. The predicted molar refractivity (Wildman–Crippen MR) is 202 cm³/mol. The van der Waals surface area contributed by atoms with Gasteiger partial charge in [0.05, 0.1) is 16.9 Å². The number of halogens is 2. The lowest BCUT2D eigenvalue weighted by Crippen LogP contribution is -2.42. The van der Waals surface area contributed by atoms with Crippen LogP contribution >= 0.6 is 45.9 Å². The average molecular weight is 736 g/mol. The summed E-state index contributed by atoms with van der Waals surface area (Å²) in [5.41, 5.74) is 5.76. The molecule has 0 amide bonds. The lowest BCUT2D eigenvalue weighted by atomic mass is 10.1. The van der Waals surface area contributed by atoms with Gasteiger partial charge in [-0.3, -0.25) is 4.79 Å². The Bertz CT molecular complexity index is 1620. The molecule has 2 aromatic carbocycles. The summed E-state index contributed by atoms with van der Waals surface area (Å²) in [7, 11) is -3.97. The summed E-state index contributed by atoms with van der Waals surface area (Å²) in [5, 5.41) is 2.09. The van der Waals surface area contributed by atoms with E-state index in [-0.39, 0.29) is 22.3 Å². The van der Waals surface area contributed by atoms with E-state index in [0.717, 1.165) is 38.7 Å². The number of aldehydes is 1. The largest absolute Gasteiger partial charge is 0.404 e. The van der Waals surface area contributed by atoms with Gasteiger partial charge in [-0.25, -0.2) is 9.97 Å². The van der Waals surface area contributed by atoms with Crippen LogP contribution in [0.2, 0.25) is 46.3 Å². The van der Waals surface area contributed by atoms with Crippen molar-refractivity contribution in [3.05, 3.63) is 101 Å². The zero-order chi connectivity index (χ0) is 34.7. The molecule has 0 radical (unpaired) electrons. The average Bonchev–Trinajstić information content (AvgIpc) is 3.54. The molecule has 46 heavy (non-hydrogen) atoms.